The fourth-order valence-electron chi connectivity index (χ4n) is 1.78. The largest absolute Gasteiger partial charge is 0.300 e. The van der Waals surface area contributed by atoms with Gasteiger partial charge >= 0.3 is 0 Å². The molecular weight excluding hydrogens is 160 g/mol. The van der Waals surface area contributed by atoms with Crippen LogP contribution in [0.25, 0.3) is 0 Å². The van der Waals surface area contributed by atoms with E-state index in [2.05, 4.69) is 13.2 Å². The van der Waals surface area contributed by atoms with E-state index < -0.39 is 0 Å². The van der Waals surface area contributed by atoms with Gasteiger partial charge in [0.2, 0.25) is 0 Å². The Bertz CT molecular complexity index is 238. The molecule has 1 saturated carbocycles. The van der Waals surface area contributed by atoms with Crippen molar-refractivity contribution in [2.45, 2.75) is 25.7 Å². The second kappa shape index (κ2) is 4.80. The van der Waals surface area contributed by atoms with Crippen LogP contribution in [0.4, 0.5) is 0 Å². The predicted molar refractivity (Wildman–Crippen MR) is 55.4 cm³/mol. The van der Waals surface area contributed by atoms with Crippen molar-refractivity contribution in [2.24, 2.45) is 5.92 Å². The second-order valence-electron chi connectivity index (χ2n) is 3.42. The van der Waals surface area contributed by atoms with Crippen molar-refractivity contribution in [3.8, 4) is 0 Å². The summed E-state index contributed by atoms with van der Waals surface area (Å²) >= 11 is 0. The van der Waals surface area contributed by atoms with Crippen LogP contribution in [-0.4, -0.2) is 5.78 Å². The predicted octanol–water partition coefficient (Wildman–Crippen LogP) is 3.04. The SMILES string of the molecule is C=C/C=C(\C=C)C1CCC(=O)CC1. The van der Waals surface area contributed by atoms with Crippen LogP contribution >= 0.6 is 0 Å². The maximum atomic E-state index is 11.0. The normalized spacial score (nSPS) is 20.0. The van der Waals surface area contributed by atoms with Crippen molar-refractivity contribution in [3.63, 3.8) is 0 Å². The maximum absolute atomic E-state index is 11.0. The fraction of sp³-hybridized carbons (Fsp3) is 0.417. The van der Waals surface area contributed by atoms with Crippen LogP contribution in [0.15, 0.2) is 37.0 Å². The van der Waals surface area contributed by atoms with Crippen molar-refractivity contribution in [3.05, 3.63) is 37.0 Å². The molecule has 0 bridgehead atoms. The highest BCUT2D eigenvalue weighted by atomic mass is 16.1. The summed E-state index contributed by atoms with van der Waals surface area (Å²) in [5, 5.41) is 0. The molecule has 0 aromatic heterocycles. The fourth-order valence-corrected chi connectivity index (χ4v) is 1.78. The number of carbonyl (C=O) groups excluding carboxylic acids is 1. The van der Waals surface area contributed by atoms with Gasteiger partial charge in [0.1, 0.15) is 5.78 Å². The lowest BCUT2D eigenvalue weighted by atomic mass is 9.83. The highest BCUT2D eigenvalue weighted by molar-refractivity contribution is 5.79. The molecule has 1 nitrogen and oxygen atoms in total. The summed E-state index contributed by atoms with van der Waals surface area (Å²) in [4.78, 5) is 11.0. The smallest absolute Gasteiger partial charge is 0.132 e. The first kappa shape index (κ1) is 9.97. The van der Waals surface area contributed by atoms with E-state index in [-0.39, 0.29) is 0 Å². The van der Waals surface area contributed by atoms with Crippen LogP contribution in [0.3, 0.4) is 0 Å². The third-order valence-corrected chi connectivity index (χ3v) is 2.56. The second-order valence-corrected chi connectivity index (χ2v) is 3.42. The number of carbonyl (C=O) groups is 1. The molecule has 0 aliphatic heterocycles. The van der Waals surface area contributed by atoms with Crippen molar-refractivity contribution in [2.75, 3.05) is 0 Å². The topological polar surface area (TPSA) is 17.1 Å². The van der Waals surface area contributed by atoms with Crippen molar-refractivity contribution < 1.29 is 4.79 Å². The van der Waals surface area contributed by atoms with Gasteiger partial charge in [-0.15, -0.1) is 0 Å². The van der Waals surface area contributed by atoms with E-state index in [1.165, 1.54) is 5.57 Å². The molecule has 0 spiro atoms. The van der Waals surface area contributed by atoms with Crippen LogP contribution in [0.2, 0.25) is 0 Å². The summed E-state index contributed by atoms with van der Waals surface area (Å²) in [6.07, 6.45) is 9.07. The summed E-state index contributed by atoms with van der Waals surface area (Å²) in [5.41, 5.74) is 1.22. The first-order valence-corrected chi connectivity index (χ1v) is 4.74. The minimum Gasteiger partial charge on any atom is -0.300 e. The van der Waals surface area contributed by atoms with Gasteiger partial charge in [0.15, 0.2) is 0 Å². The number of hydrogen-bond donors (Lipinski definition) is 0. The van der Waals surface area contributed by atoms with Gasteiger partial charge in [-0.2, -0.15) is 0 Å². The highest BCUT2D eigenvalue weighted by Crippen LogP contribution is 2.28. The van der Waals surface area contributed by atoms with E-state index in [0.29, 0.717) is 11.7 Å². The van der Waals surface area contributed by atoms with Gasteiger partial charge in [-0.25, -0.2) is 0 Å². The average Bonchev–Trinajstić information content (AvgIpc) is 2.16. The van der Waals surface area contributed by atoms with Crippen molar-refractivity contribution >= 4 is 5.78 Å². The Kier molecular flexibility index (Phi) is 3.69. The quantitative estimate of drug-likeness (QED) is 0.604. The molecule has 0 N–H and O–H groups in total. The van der Waals surface area contributed by atoms with Gasteiger partial charge in [-0.05, 0) is 24.3 Å². The van der Waals surface area contributed by atoms with Crippen LogP contribution in [0.5, 0.6) is 0 Å². The van der Waals surface area contributed by atoms with Gasteiger partial charge in [0.25, 0.3) is 0 Å². The molecule has 0 amide bonds. The standard InChI is InChI=1S/C12H16O/c1-3-5-10(4-2)11-6-8-12(13)9-7-11/h3-5,11H,1-2,6-9H2/b10-5+. The zero-order chi connectivity index (χ0) is 9.68. The molecule has 0 radical (unpaired) electrons. The van der Waals surface area contributed by atoms with Gasteiger partial charge < -0.3 is 0 Å². The van der Waals surface area contributed by atoms with E-state index in [1.807, 2.05) is 12.2 Å². The number of rotatable bonds is 3. The summed E-state index contributed by atoms with van der Waals surface area (Å²) in [5.74, 6) is 0.923. The van der Waals surface area contributed by atoms with Gasteiger partial charge in [-0.3, -0.25) is 4.79 Å². The van der Waals surface area contributed by atoms with Crippen LogP contribution in [0, 0.1) is 5.92 Å². The van der Waals surface area contributed by atoms with Crippen LogP contribution < -0.4 is 0 Å². The number of allylic oxidation sites excluding steroid dienone is 4. The summed E-state index contributed by atoms with van der Waals surface area (Å²) < 4.78 is 0. The first-order chi connectivity index (χ1) is 6.27. The molecule has 0 aromatic carbocycles. The Hall–Kier alpha value is -1.11. The lowest BCUT2D eigenvalue weighted by Gasteiger charge is -2.21. The lowest BCUT2D eigenvalue weighted by Crippen LogP contribution is -2.14. The van der Waals surface area contributed by atoms with E-state index in [9.17, 15) is 4.79 Å². The molecule has 0 saturated heterocycles. The summed E-state index contributed by atoms with van der Waals surface area (Å²) in [7, 11) is 0. The molecule has 0 aromatic rings. The lowest BCUT2D eigenvalue weighted by molar-refractivity contribution is -0.120. The molecule has 1 fully saturated rings. The van der Waals surface area contributed by atoms with Crippen LogP contribution in [-0.2, 0) is 4.79 Å². The summed E-state index contributed by atoms with van der Waals surface area (Å²) in [6, 6.07) is 0. The van der Waals surface area contributed by atoms with Gasteiger partial charge in [-0.1, -0.05) is 31.4 Å². The van der Waals surface area contributed by atoms with Gasteiger partial charge in [0, 0.05) is 12.8 Å². The third-order valence-electron chi connectivity index (χ3n) is 2.56. The van der Waals surface area contributed by atoms with Gasteiger partial charge in [0.05, 0.1) is 0 Å². The Morgan fingerprint density at radius 1 is 1.31 bits per heavy atom. The number of ketones is 1. The monoisotopic (exact) mass is 176 g/mol. The Labute approximate surface area is 79.8 Å². The molecular formula is C12H16O. The Balaban J connectivity index is 2.60. The minimum atomic E-state index is 0.401. The zero-order valence-electron chi connectivity index (χ0n) is 7.96. The van der Waals surface area contributed by atoms with Crippen molar-refractivity contribution in [1.82, 2.24) is 0 Å². The van der Waals surface area contributed by atoms with Crippen molar-refractivity contribution in [1.29, 1.82) is 0 Å². The number of hydrogen-bond acceptors (Lipinski definition) is 1. The molecule has 70 valence electrons. The molecule has 0 heterocycles. The van der Waals surface area contributed by atoms with Crippen LogP contribution in [0.1, 0.15) is 25.7 Å². The molecule has 0 unspecified atom stereocenters. The Morgan fingerprint density at radius 3 is 2.38 bits per heavy atom. The molecule has 1 aliphatic carbocycles. The van der Waals surface area contributed by atoms with E-state index in [0.717, 1.165) is 25.7 Å². The van der Waals surface area contributed by atoms with E-state index in [1.54, 1.807) is 6.08 Å². The Morgan fingerprint density at radius 2 is 1.92 bits per heavy atom. The summed E-state index contributed by atoms with van der Waals surface area (Å²) in [6.45, 7) is 7.44. The number of Topliss-reactive ketones (excluding diaryl/α,β-unsaturated/α-hetero) is 1. The molecule has 1 rings (SSSR count). The molecule has 1 aliphatic rings. The molecule has 13 heavy (non-hydrogen) atoms. The average molecular weight is 176 g/mol. The van der Waals surface area contributed by atoms with E-state index in [4.69, 9.17) is 0 Å². The molecule has 0 atom stereocenters. The maximum Gasteiger partial charge on any atom is 0.132 e. The third kappa shape index (κ3) is 2.69. The molecule has 1 heteroatoms. The first-order valence-electron chi connectivity index (χ1n) is 4.74. The highest BCUT2D eigenvalue weighted by Gasteiger charge is 2.19. The zero-order valence-corrected chi connectivity index (χ0v) is 7.96. The minimum absolute atomic E-state index is 0.401. The van der Waals surface area contributed by atoms with E-state index >= 15 is 0 Å².